The fourth-order valence-electron chi connectivity index (χ4n) is 4.37. The van der Waals surface area contributed by atoms with Crippen molar-refractivity contribution in [2.24, 2.45) is 0 Å². The SMILES string of the molecule is O=C(O)c1c(OC2CN(C(=O)C[C@@H]3CNCCO3)C2)ccc2c1OB(O)[C@@H]1CC21. The summed E-state index contributed by atoms with van der Waals surface area (Å²) < 4.78 is 17.0. The minimum Gasteiger partial charge on any atom is -0.535 e. The van der Waals surface area contributed by atoms with Crippen molar-refractivity contribution in [2.75, 3.05) is 32.8 Å². The first-order chi connectivity index (χ1) is 14.0. The lowest BCUT2D eigenvalue weighted by atomic mass is 9.77. The predicted octanol–water partition coefficient (Wildman–Crippen LogP) is 0.0833. The highest BCUT2D eigenvalue weighted by molar-refractivity contribution is 6.48. The zero-order valence-corrected chi connectivity index (χ0v) is 15.9. The molecule has 1 aromatic rings. The summed E-state index contributed by atoms with van der Waals surface area (Å²) in [5.41, 5.74) is 0.759. The lowest BCUT2D eigenvalue weighted by Gasteiger charge is -2.40. The van der Waals surface area contributed by atoms with Gasteiger partial charge >= 0.3 is 13.1 Å². The number of carboxylic acids is 1. The van der Waals surface area contributed by atoms with Crippen molar-refractivity contribution in [1.29, 1.82) is 0 Å². The first-order valence-corrected chi connectivity index (χ1v) is 10.0. The molecule has 4 aliphatic rings. The Morgan fingerprint density at radius 2 is 2.17 bits per heavy atom. The van der Waals surface area contributed by atoms with E-state index in [1.165, 1.54) is 0 Å². The normalized spacial score (nSPS) is 28.0. The summed E-state index contributed by atoms with van der Waals surface area (Å²) in [6.07, 6.45) is 0.744. The van der Waals surface area contributed by atoms with Crippen molar-refractivity contribution >= 4 is 19.0 Å². The molecular weight excluding hydrogens is 379 g/mol. The molecule has 0 bridgehead atoms. The van der Waals surface area contributed by atoms with Crippen molar-refractivity contribution in [3.05, 3.63) is 23.3 Å². The lowest BCUT2D eigenvalue weighted by Crippen LogP contribution is -2.57. The zero-order valence-electron chi connectivity index (χ0n) is 15.9. The highest BCUT2D eigenvalue weighted by Gasteiger charge is 2.54. The third-order valence-corrected chi connectivity index (χ3v) is 6.11. The Labute approximate surface area is 168 Å². The van der Waals surface area contributed by atoms with E-state index in [4.69, 9.17) is 14.1 Å². The number of benzene rings is 1. The molecule has 3 fully saturated rings. The predicted molar refractivity (Wildman–Crippen MR) is 101 cm³/mol. The smallest absolute Gasteiger partial charge is 0.526 e. The van der Waals surface area contributed by atoms with Gasteiger partial charge in [0.15, 0.2) is 0 Å². The summed E-state index contributed by atoms with van der Waals surface area (Å²) in [7, 11) is -0.978. The Morgan fingerprint density at radius 1 is 1.34 bits per heavy atom. The van der Waals surface area contributed by atoms with Gasteiger partial charge in [0.1, 0.15) is 23.2 Å². The summed E-state index contributed by atoms with van der Waals surface area (Å²) in [6.45, 7) is 2.90. The van der Waals surface area contributed by atoms with Gasteiger partial charge in [-0.2, -0.15) is 0 Å². The number of likely N-dealkylation sites (tertiary alicyclic amines) is 1. The van der Waals surface area contributed by atoms with Crippen LogP contribution in [0.4, 0.5) is 0 Å². The monoisotopic (exact) mass is 402 g/mol. The molecule has 29 heavy (non-hydrogen) atoms. The van der Waals surface area contributed by atoms with E-state index in [9.17, 15) is 19.7 Å². The van der Waals surface area contributed by atoms with E-state index in [0.29, 0.717) is 32.7 Å². The minimum atomic E-state index is -1.16. The number of morpholine rings is 1. The molecule has 3 aliphatic heterocycles. The number of nitrogens with zero attached hydrogens (tertiary/aromatic N) is 1. The third-order valence-electron chi connectivity index (χ3n) is 6.11. The van der Waals surface area contributed by atoms with Crippen LogP contribution in [0.5, 0.6) is 11.5 Å². The van der Waals surface area contributed by atoms with Crippen molar-refractivity contribution in [3.63, 3.8) is 0 Å². The Morgan fingerprint density at radius 3 is 2.90 bits per heavy atom. The van der Waals surface area contributed by atoms with Gasteiger partial charge in [-0.05, 0) is 24.0 Å². The fourth-order valence-corrected chi connectivity index (χ4v) is 4.37. The van der Waals surface area contributed by atoms with Gasteiger partial charge < -0.3 is 34.5 Å². The minimum absolute atomic E-state index is 0.00804. The standard InChI is InChI=1S/C19H23BN2O7/c23-16(5-10-7-21-3-4-27-10)22-8-11(9-22)28-15-2-1-12-13-6-14(13)20(26)29-18(12)17(15)19(24)25/h1-2,10-11,13-14,21,26H,3-9H2,(H,24,25)/t10-,13?,14-/m1/s1. The molecule has 154 valence electrons. The number of amides is 1. The molecular formula is C19H23BN2O7. The summed E-state index contributed by atoms with van der Waals surface area (Å²) in [6, 6.07) is 3.48. The van der Waals surface area contributed by atoms with Crippen molar-refractivity contribution in [3.8, 4) is 11.5 Å². The summed E-state index contributed by atoms with van der Waals surface area (Å²) in [5.74, 6) is -0.541. The summed E-state index contributed by atoms with van der Waals surface area (Å²) in [4.78, 5) is 25.9. The number of hydrogen-bond acceptors (Lipinski definition) is 7. The number of carbonyl (C=O) groups is 2. The molecule has 1 unspecified atom stereocenters. The van der Waals surface area contributed by atoms with E-state index < -0.39 is 13.1 Å². The van der Waals surface area contributed by atoms with Gasteiger partial charge in [-0.1, -0.05) is 6.07 Å². The second-order valence-electron chi connectivity index (χ2n) is 8.12. The number of hydrogen-bond donors (Lipinski definition) is 3. The van der Waals surface area contributed by atoms with E-state index in [1.54, 1.807) is 11.0 Å². The first kappa shape index (κ1) is 18.7. The van der Waals surface area contributed by atoms with E-state index in [0.717, 1.165) is 18.5 Å². The Bertz CT molecular complexity index is 838. The number of carboxylic acid groups (broad SMARTS) is 1. The first-order valence-electron chi connectivity index (χ1n) is 10.0. The van der Waals surface area contributed by atoms with Crippen LogP contribution in [-0.4, -0.2) is 79.0 Å². The van der Waals surface area contributed by atoms with Gasteiger partial charge in [-0.15, -0.1) is 0 Å². The molecule has 9 nitrogen and oxygen atoms in total. The maximum absolute atomic E-state index is 12.4. The largest absolute Gasteiger partial charge is 0.535 e. The molecule has 1 aliphatic carbocycles. The number of carbonyl (C=O) groups excluding carboxylic acids is 1. The topological polar surface area (TPSA) is 118 Å². The van der Waals surface area contributed by atoms with Crippen LogP contribution >= 0.6 is 0 Å². The average molecular weight is 402 g/mol. The molecule has 1 aromatic carbocycles. The van der Waals surface area contributed by atoms with Crippen LogP contribution in [0.3, 0.4) is 0 Å². The van der Waals surface area contributed by atoms with Gasteiger partial charge in [0.25, 0.3) is 0 Å². The number of nitrogens with one attached hydrogen (secondary N) is 1. The van der Waals surface area contributed by atoms with Crippen molar-refractivity contribution < 1.29 is 33.8 Å². The van der Waals surface area contributed by atoms with Crippen molar-refractivity contribution in [1.82, 2.24) is 10.2 Å². The number of fused-ring (bicyclic) bond motifs is 3. The van der Waals surface area contributed by atoms with Gasteiger partial charge in [0.05, 0.1) is 32.2 Å². The summed E-state index contributed by atoms with van der Waals surface area (Å²) >= 11 is 0. The quantitative estimate of drug-likeness (QED) is 0.593. The summed E-state index contributed by atoms with van der Waals surface area (Å²) in [5, 5.41) is 22.9. The maximum Gasteiger partial charge on any atom is 0.526 e. The average Bonchev–Trinajstić information content (AvgIpc) is 3.46. The van der Waals surface area contributed by atoms with E-state index in [-0.39, 0.29) is 46.9 Å². The van der Waals surface area contributed by atoms with Crippen LogP contribution in [0.25, 0.3) is 0 Å². The highest BCUT2D eigenvalue weighted by atomic mass is 16.5. The second kappa shape index (κ2) is 7.19. The molecule has 5 rings (SSSR count). The third kappa shape index (κ3) is 3.45. The fraction of sp³-hybridized carbons (Fsp3) is 0.579. The molecule has 3 N–H and O–H groups in total. The van der Waals surface area contributed by atoms with Gasteiger partial charge in [-0.3, -0.25) is 4.79 Å². The van der Waals surface area contributed by atoms with Gasteiger partial charge in [-0.25, -0.2) is 4.79 Å². The maximum atomic E-state index is 12.4. The van der Waals surface area contributed by atoms with E-state index in [2.05, 4.69) is 5.32 Å². The number of ether oxygens (including phenoxy) is 2. The Hall–Kier alpha value is -2.30. The molecule has 1 amide bonds. The molecule has 1 saturated carbocycles. The van der Waals surface area contributed by atoms with Crippen molar-refractivity contribution in [2.45, 2.75) is 36.8 Å². The van der Waals surface area contributed by atoms with Crippen LogP contribution in [0, 0.1) is 0 Å². The molecule has 0 radical (unpaired) electrons. The molecule has 10 heteroatoms. The number of rotatable bonds is 5. The molecule has 0 aromatic heterocycles. The number of aromatic carboxylic acids is 1. The molecule has 2 saturated heterocycles. The van der Waals surface area contributed by atoms with Crippen LogP contribution in [0.15, 0.2) is 12.1 Å². The zero-order chi connectivity index (χ0) is 20.1. The van der Waals surface area contributed by atoms with Gasteiger partial charge in [0.2, 0.25) is 5.91 Å². The van der Waals surface area contributed by atoms with Crippen LogP contribution in [0.2, 0.25) is 5.82 Å². The van der Waals surface area contributed by atoms with E-state index in [1.807, 2.05) is 6.07 Å². The van der Waals surface area contributed by atoms with Crippen LogP contribution in [-0.2, 0) is 9.53 Å². The molecule has 3 heterocycles. The second-order valence-corrected chi connectivity index (χ2v) is 8.12. The van der Waals surface area contributed by atoms with Crippen LogP contribution < -0.4 is 14.7 Å². The molecule has 0 spiro atoms. The van der Waals surface area contributed by atoms with E-state index >= 15 is 0 Å². The lowest BCUT2D eigenvalue weighted by molar-refractivity contribution is -0.143. The van der Waals surface area contributed by atoms with Crippen LogP contribution in [0.1, 0.15) is 34.7 Å². The van der Waals surface area contributed by atoms with Gasteiger partial charge in [0, 0.05) is 18.9 Å². The Balaban J connectivity index is 1.23. The highest BCUT2D eigenvalue weighted by Crippen LogP contribution is 2.60. The Kier molecular flexibility index (Phi) is 4.64. The molecule has 3 atom stereocenters.